The molecule has 0 aromatic rings. The molecule has 0 spiro atoms. The molecule has 16 heavy (non-hydrogen) atoms. The Bertz CT molecular complexity index is 269. The molecule has 2 N–H and O–H groups in total. The van der Waals surface area contributed by atoms with Gasteiger partial charge in [-0.15, -0.1) is 0 Å². The van der Waals surface area contributed by atoms with Crippen molar-refractivity contribution in [2.24, 2.45) is 0 Å². The number of ether oxygens (including phenoxy) is 1. The van der Waals surface area contributed by atoms with E-state index < -0.39 is 11.5 Å². The maximum atomic E-state index is 11.5. The number of carbonyl (C=O) groups is 2. The maximum Gasteiger partial charge on any atom is 0.329 e. The molecule has 5 nitrogen and oxygen atoms in total. The molecule has 0 aromatic carbocycles. The molecule has 5 heteroatoms. The lowest BCUT2D eigenvalue weighted by Gasteiger charge is -2.25. The molecule has 1 fully saturated rings. The van der Waals surface area contributed by atoms with E-state index >= 15 is 0 Å². The highest BCUT2D eigenvalue weighted by Crippen LogP contribution is 2.29. The quantitative estimate of drug-likeness (QED) is 0.735. The normalized spacial score (nSPS) is 18.7. The van der Waals surface area contributed by atoms with Crippen LogP contribution in [0.2, 0.25) is 0 Å². The van der Waals surface area contributed by atoms with Crippen LogP contribution in [-0.4, -0.2) is 35.2 Å². The van der Waals surface area contributed by atoms with E-state index in [9.17, 15) is 9.59 Å². The average molecular weight is 229 g/mol. The van der Waals surface area contributed by atoms with Crippen molar-refractivity contribution in [2.75, 3.05) is 6.61 Å². The van der Waals surface area contributed by atoms with Gasteiger partial charge in [0.25, 0.3) is 0 Å². The third-order valence-corrected chi connectivity index (χ3v) is 2.79. The summed E-state index contributed by atoms with van der Waals surface area (Å²) in [6.07, 6.45) is 2.68. The minimum Gasteiger partial charge on any atom is -0.480 e. The number of rotatable bonds is 5. The molecule has 1 aliphatic carbocycles. The van der Waals surface area contributed by atoms with E-state index in [0.29, 0.717) is 12.8 Å². The van der Waals surface area contributed by atoms with Gasteiger partial charge in [-0.1, -0.05) is 12.8 Å². The summed E-state index contributed by atoms with van der Waals surface area (Å²) in [5.41, 5.74) is -1.06. The van der Waals surface area contributed by atoms with E-state index in [0.717, 1.165) is 12.8 Å². The maximum absolute atomic E-state index is 11.5. The predicted molar refractivity (Wildman–Crippen MR) is 58.1 cm³/mol. The Morgan fingerprint density at radius 3 is 2.38 bits per heavy atom. The first-order chi connectivity index (χ1) is 7.46. The summed E-state index contributed by atoms with van der Waals surface area (Å²) < 4.78 is 5.13. The second-order valence-electron chi connectivity index (χ2n) is 4.50. The Morgan fingerprint density at radius 1 is 1.38 bits per heavy atom. The van der Waals surface area contributed by atoms with Crippen LogP contribution < -0.4 is 5.32 Å². The molecule has 1 saturated carbocycles. The molecular formula is C11H19NO4. The first-order valence-corrected chi connectivity index (χ1v) is 5.62. The molecule has 0 saturated heterocycles. The largest absolute Gasteiger partial charge is 0.480 e. The summed E-state index contributed by atoms with van der Waals surface area (Å²) in [7, 11) is 0. The van der Waals surface area contributed by atoms with Gasteiger partial charge in [-0.2, -0.15) is 0 Å². The van der Waals surface area contributed by atoms with Crippen molar-refractivity contribution >= 4 is 11.9 Å². The number of carbonyl (C=O) groups excluding carboxylic acids is 1. The zero-order valence-electron chi connectivity index (χ0n) is 9.78. The Hall–Kier alpha value is -1.10. The van der Waals surface area contributed by atoms with Crippen LogP contribution in [0.3, 0.4) is 0 Å². The molecule has 0 aliphatic heterocycles. The number of hydrogen-bond acceptors (Lipinski definition) is 3. The number of aliphatic carboxylic acids is 1. The molecule has 0 heterocycles. The summed E-state index contributed by atoms with van der Waals surface area (Å²) in [6.45, 7) is 3.58. The number of hydrogen-bond donors (Lipinski definition) is 2. The van der Waals surface area contributed by atoms with E-state index in [2.05, 4.69) is 5.32 Å². The van der Waals surface area contributed by atoms with Crippen LogP contribution in [0.15, 0.2) is 0 Å². The van der Waals surface area contributed by atoms with Crippen LogP contribution in [-0.2, 0) is 14.3 Å². The molecule has 92 valence electrons. The van der Waals surface area contributed by atoms with Crippen LogP contribution in [0, 0.1) is 0 Å². The minimum absolute atomic E-state index is 0.0323. The van der Waals surface area contributed by atoms with Crippen molar-refractivity contribution < 1.29 is 19.4 Å². The lowest BCUT2D eigenvalue weighted by molar-refractivity contribution is -0.148. The topological polar surface area (TPSA) is 75.6 Å². The number of carboxylic acids is 1. The fourth-order valence-electron chi connectivity index (χ4n) is 1.92. The highest BCUT2D eigenvalue weighted by atomic mass is 16.5. The molecule has 0 bridgehead atoms. The van der Waals surface area contributed by atoms with Crippen molar-refractivity contribution in [2.45, 2.75) is 51.2 Å². The summed E-state index contributed by atoms with van der Waals surface area (Å²) in [5, 5.41) is 11.7. The molecule has 1 aliphatic rings. The van der Waals surface area contributed by atoms with Gasteiger partial charge in [0, 0.05) is 0 Å². The van der Waals surface area contributed by atoms with Gasteiger partial charge < -0.3 is 15.2 Å². The molecule has 1 amide bonds. The van der Waals surface area contributed by atoms with Gasteiger partial charge in [0.2, 0.25) is 5.91 Å². The van der Waals surface area contributed by atoms with Gasteiger partial charge >= 0.3 is 5.97 Å². The standard InChI is InChI=1S/C11H19NO4/c1-8(2)16-7-9(13)12-11(10(14)15)5-3-4-6-11/h8H,3-7H2,1-2H3,(H,12,13)(H,14,15). The van der Waals surface area contributed by atoms with E-state index in [1.165, 1.54) is 0 Å². The summed E-state index contributed by atoms with van der Waals surface area (Å²) in [4.78, 5) is 22.7. The van der Waals surface area contributed by atoms with Crippen LogP contribution in [0.5, 0.6) is 0 Å². The molecular weight excluding hydrogens is 210 g/mol. The highest BCUT2D eigenvalue weighted by molar-refractivity contribution is 5.87. The third-order valence-electron chi connectivity index (χ3n) is 2.79. The van der Waals surface area contributed by atoms with E-state index in [1.54, 1.807) is 0 Å². The zero-order valence-corrected chi connectivity index (χ0v) is 9.78. The van der Waals surface area contributed by atoms with Gasteiger partial charge in [0.1, 0.15) is 12.1 Å². The number of amides is 1. The van der Waals surface area contributed by atoms with Gasteiger partial charge in [0.15, 0.2) is 0 Å². The monoisotopic (exact) mass is 229 g/mol. The number of nitrogens with one attached hydrogen (secondary N) is 1. The fraction of sp³-hybridized carbons (Fsp3) is 0.818. The summed E-state index contributed by atoms with van der Waals surface area (Å²) >= 11 is 0. The van der Waals surface area contributed by atoms with E-state index in [-0.39, 0.29) is 18.6 Å². The summed E-state index contributed by atoms with van der Waals surface area (Å²) in [6, 6.07) is 0. The lowest BCUT2D eigenvalue weighted by atomic mass is 9.98. The van der Waals surface area contributed by atoms with Gasteiger partial charge in [-0.25, -0.2) is 4.79 Å². The first kappa shape index (κ1) is 13.0. The van der Waals surface area contributed by atoms with Crippen molar-refractivity contribution in [3.8, 4) is 0 Å². The molecule has 1 rings (SSSR count). The van der Waals surface area contributed by atoms with Gasteiger partial charge in [-0.3, -0.25) is 4.79 Å². The lowest BCUT2D eigenvalue weighted by Crippen LogP contribution is -2.53. The van der Waals surface area contributed by atoms with Crippen LogP contribution in [0.1, 0.15) is 39.5 Å². The fourth-order valence-corrected chi connectivity index (χ4v) is 1.92. The van der Waals surface area contributed by atoms with Crippen LogP contribution in [0.25, 0.3) is 0 Å². The van der Waals surface area contributed by atoms with Gasteiger partial charge in [-0.05, 0) is 26.7 Å². The Balaban J connectivity index is 2.49. The Morgan fingerprint density at radius 2 is 1.94 bits per heavy atom. The van der Waals surface area contributed by atoms with Crippen molar-refractivity contribution in [1.82, 2.24) is 5.32 Å². The highest BCUT2D eigenvalue weighted by Gasteiger charge is 2.42. The minimum atomic E-state index is -1.06. The predicted octanol–water partition coefficient (Wildman–Crippen LogP) is 0.925. The molecule has 0 atom stereocenters. The third kappa shape index (κ3) is 3.20. The van der Waals surface area contributed by atoms with Crippen LogP contribution >= 0.6 is 0 Å². The van der Waals surface area contributed by atoms with E-state index in [4.69, 9.17) is 9.84 Å². The zero-order chi connectivity index (χ0) is 12.2. The second kappa shape index (κ2) is 5.30. The molecule has 0 unspecified atom stereocenters. The summed E-state index contributed by atoms with van der Waals surface area (Å²) in [5.74, 6) is -1.29. The van der Waals surface area contributed by atoms with Gasteiger partial charge in [0.05, 0.1) is 6.10 Å². The second-order valence-corrected chi connectivity index (χ2v) is 4.50. The van der Waals surface area contributed by atoms with Crippen molar-refractivity contribution in [3.63, 3.8) is 0 Å². The average Bonchev–Trinajstić information content (AvgIpc) is 2.64. The van der Waals surface area contributed by atoms with Crippen molar-refractivity contribution in [1.29, 1.82) is 0 Å². The first-order valence-electron chi connectivity index (χ1n) is 5.62. The smallest absolute Gasteiger partial charge is 0.329 e. The SMILES string of the molecule is CC(C)OCC(=O)NC1(C(=O)O)CCCC1. The van der Waals surface area contributed by atoms with Crippen molar-refractivity contribution in [3.05, 3.63) is 0 Å². The molecule has 0 aromatic heterocycles. The molecule has 0 radical (unpaired) electrons. The van der Waals surface area contributed by atoms with E-state index in [1.807, 2.05) is 13.8 Å². The van der Waals surface area contributed by atoms with Crippen LogP contribution in [0.4, 0.5) is 0 Å². The Labute approximate surface area is 95.2 Å². The number of carboxylic acid groups (broad SMARTS) is 1. The Kier molecular flexibility index (Phi) is 4.29.